The number of amides is 2. The van der Waals surface area contributed by atoms with E-state index in [0.29, 0.717) is 11.9 Å². The number of hydrogen-bond donors (Lipinski definition) is 1. The molecule has 11 nitrogen and oxygen atoms in total. The van der Waals surface area contributed by atoms with Crippen molar-refractivity contribution in [1.29, 1.82) is 0 Å². The minimum Gasteiger partial charge on any atom is -0.465 e. The number of likely N-dealkylation sites (tertiary alicyclic amines) is 1. The zero-order valence-corrected chi connectivity index (χ0v) is 19.8. The number of esters is 1. The number of aliphatic hydroxyl groups excluding tert-OH is 1. The molecule has 2 fully saturated rings. The Morgan fingerprint density at radius 1 is 1.11 bits per heavy atom. The molecule has 0 radical (unpaired) electrons. The second-order valence-electron chi connectivity index (χ2n) is 9.79. The van der Waals surface area contributed by atoms with Gasteiger partial charge < -0.3 is 24.4 Å². The molecule has 188 valence electrons. The van der Waals surface area contributed by atoms with E-state index in [9.17, 15) is 19.5 Å². The van der Waals surface area contributed by atoms with Gasteiger partial charge in [-0.05, 0) is 25.5 Å². The third-order valence-corrected chi connectivity index (χ3v) is 7.67. The van der Waals surface area contributed by atoms with Crippen LogP contribution in [0.2, 0.25) is 0 Å². The number of aromatic nitrogens is 3. The fourth-order valence-electron chi connectivity index (χ4n) is 6.19. The first-order valence-electron chi connectivity index (χ1n) is 12.1. The number of ether oxygens (including phenoxy) is 2. The average Bonchev–Trinajstić information content (AvgIpc) is 3.40. The zero-order chi connectivity index (χ0) is 25.1. The van der Waals surface area contributed by atoms with E-state index in [4.69, 9.17) is 9.47 Å². The van der Waals surface area contributed by atoms with E-state index in [2.05, 4.69) is 10.3 Å². The van der Waals surface area contributed by atoms with Gasteiger partial charge in [0.1, 0.15) is 29.7 Å². The van der Waals surface area contributed by atoms with Crippen LogP contribution in [0.15, 0.2) is 48.6 Å². The molecule has 1 aromatic carbocycles. The SMILES string of the molecule is C[C@]12C=CCCOC(=O)[C@H]1[C@H]1C(=O)N(CCO)C3C(=O)N(Cn4nnc5ccccc54)CC=C[C@@]31O2. The molecule has 1 spiro atoms. The summed E-state index contributed by atoms with van der Waals surface area (Å²) in [6.45, 7) is 1.96. The van der Waals surface area contributed by atoms with Gasteiger partial charge in [0.25, 0.3) is 5.91 Å². The van der Waals surface area contributed by atoms with E-state index in [0.717, 1.165) is 5.52 Å². The molecule has 0 bridgehead atoms. The predicted octanol–water partition coefficient (Wildman–Crippen LogP) is 0.254. The normalized spacial score (nSPS) is 33.7. The maximum absolute atomic E-state index is 14.1. The van der Waals surface area contributed by atoms with Gasteiger partial charge in [-0.15, -0.1) is 5.10 Å². The lowest BCUT2D eigenvalue weighted by atomic mass is 9.74. The Balaban J connectivity index is 1.42. The van der Waals surface area contributed by atoms with Crippen molar-refractivity contribution in [1.82, 2.24) is 24.8 Å². The molecule has 1 N–H and O–H groups in total. The molecule has 4 aliphatic rings. The van der Waals surface area contributed by atoms with E-state index in [-0.39, 0.29) is 38.9 Å². The highest BCUT2D eigenvalue weighted by molar-refractivity contribution is 5.99. The molecule has 6 rings (SSSR count). The fraction of sp³-hybridized carbons (Fsp3) is 0.480. The Hall–Kier alpha value is -3.57. The third kappa shape index (κ3) is 3.15. The molecule has 4 aliphatic heterocycles. The quantitative estimate of drug-likeness (QED) is 0.475. The van der Waals surface area contributed by atoms with Gasteiger partial charge in [-0.3, -0.25) is 14.4 Å². The average molecular weight is 494 g/mol. The Kier molecular flexibility index (Phi) is 5.23. The van der Waals surface area contributed by atoms with Crippen molar-refractivity contribution in [3.05, 3.63) is 48.6 Å². The number of hydrogen-bond acceptors (Lipinski definition) is 8. The molecule has 2 amide bonds. The number of cyclic esters (lactones) is 1. The molecular formula is C25H27N5O6. The van der Waals surface area contributed by atoms with E-state index in [1.807, 2.05) is 36.4 Å². The van der Waals surface area contributed by atoms with Gasteiger partial charge in [0.15, 0.2) is 0 Å². The lowest BCUT2D eigenvalue weighted by Gasteiger charge is -2.37. The van der Waals surface area contributed by atoms with Crippen molar-refractivity contribution in [2.45, 2.75) is 37.3 Å². The van der Waals surface area contributed by atoms with Crippen molar-refractivity contribution < 1.29 is 29.0 Å². The first-order valence-corrected chi connectivity index (χ1v) is 12.1. The summed E-state index contributed by atoms with van der Waals surface area (Å²) in [4.78, 5) is 44.0. The lowest BCUT2D eigenvalue weighted by Crippen LogP contribution is -2.56. The Labute approximate surface area is 206 Å². The van der Waals surface area contributed by atoms with E-state index >= 15 is 0 Å². The number of β-amino-alcohol motifs (C(OH)–C–C–N with tert-alkyl or cyclic N) is 1. The summed E-state index contributed by atoms with van der Waals surface area (Å²) in [7, 11) is 0. The first-order chi connectivity index (χ1) is 17.4. The van der Waals surface area contributed by atoms with Gasteiger partial charge in [-0.25, -0.2) is 4.68 Å². The number of aliphatic hydroxyl groups is 1. The topological polar surface area (TPSA) is 127 Å². The van der Waals surface area contributed by atoms with Crippen LogP contribution in [0.25, 0.3) is 11.0 Å². The molecule has 2 aromatic rings. The number of fused-ring (bicyclic) bond motifs is 3. The molecule has 5 atom stereocenters. The highest BCUT2D eigenvalue weighted by Gasteiger charge is 2.74. The molecule has 1 unspecified atom stereocenters. The van der Waals surface area contributed by atoms with Crippen molar-refractivity contribution in [2.24, 2.45) is 11.8 Å². The van der Waals surface area contributed by atoms with Crippen molar-refractivity contribution in [3.8, 4) is 0 Å². The van der Waals surface area contributed by atoms with Gasteiger partial charge in [-0.2, -0.15) is 0 Å². The minimum absolute atomic E-state index is 0.0564. The summed E-state index contributed by atoms with van der Waals surface area (Å²) in [6, 6.07) is 6.40. The van der Waals surface area contributed by atoms with Crippen LogP contribution in [0.4, 0.5) is 0 Å². The molecule has 2 saturated heterocycles. The molecule has 0 saturated carbocycles. The van der Waals surface area contributed by atoms with Crippen LogP contribution in [-0.2, 0) is 30.5 Å². The van der Waals surface area contributed by atoms with Gasteiger partial charge in [-0.1, -0.05) is 41.7 Å². The summed E-state index contributed by atoms with van der Waals surface area (Å²) in [5.41, 5.74) is -1.02. The zero-order valence-electron chi connectivity index (χ0n) is 19.8. The summed E-state index contributed by atoms with van der Waals surface area (Å²) in [6.07, 6.45) is 7.79. The Morgan fingerprint density at radius 2 is 1.94 bits per heavy atom. The number of para-hydroxylation sites is 1. The Bertz CT molecular complexity index is 1300. The van der Waals surface area contributed by atoms with Crippen molar-refractivity contribution in [3.63, 3.8) is 0 Å². The van der Waals surface area contributed by atoms with Crippen LogP contribution in [0.3, 0.4) is 0 Å². The van der Waals surface area contributed by atoms with Crippen LogP contribution in [0.5, 0.6) is 0 Å². The summed E-state index contributed by atoms with van der Waals surface area (Å²) in [5, 5.41) is 18.1. The van der Waals surface area contributed by atoms with Crippen LogP contribution in [0.1, 0.15) is 13.3 Å². The second-order valence-corrected chi connectivity index (χ2v) is 9.79. The molecule has 36 heavy (non-hydrogen) atoms. The van der Waals surface area contributed by atoms with Gasteiger partial charge in [0.2, 0.25) is 5.91 Å². The molecule has 1 aromatic heterocycles. The molecular weight excluding hydrogens is 466 g/mol. The van der Waals surface area contributed by atoms with Crippen molar-refractivity contribution in [2.75, 3.05) is 26.3 Å². The van der Waals surface area contributed by atoms with Gasteiger partial charge in [0, 0.05) is 13.1 Å². The third-order valence-electron chi connectivity index (χ3n) is 7.67. The monoisotopic (exact) mass is 493 g/mol. The van der Waals surface area contributed by atoms with Gasteiger partial charge in [0.05, 0.1) is 30.2 Å². The maximum Gasteiger partial charge on any atom is 0.313 e. The van der Waals surface area contributed by atoms with Gasteiger partial charge >= 0.3 is 5.97 Å². The van der Waals surface area contributed by atoms with Crippen LogP contribution in [-0.4, -0.2) is 91.2 Å². The standard InChI is InChI=1S/C25H27N5O6/c1-24-9-4-5-14-35-23(34)19(24)18-21(32)29(12-13-31)20-22(33)28(11-6-10-25(18,20)36-24)15-30-17-8-3-2-7-16(17)26-27-30/h2-4,6-10,18-20,31H,5,11-15H2,1H3/t18-,19+,20?,24-,25-/m0/s1. The largest absolute Gasteiger partial charge is 0.465 e. The predicted molar refractivity (Wildman–Crippen MR) is 125 cm³/mol. The summed E-state index contributed by atoms with van der Waals surface area (Å²) in [5.74, 6) is -3.14. The smallest absolute Gasteiger partial charge is 0.313 e. The number of nitrogens with zero attached hydrogens (tertiary/aromatic N) is 5. The number of carbonyl (C=O) groups excluding carboxylic acids is 3. The highest BCUT2D eigenvalue weighted by atomic mass is 16.6. The minimum atomic E-state index is -1.38. The summed E-state index contributed by atoms with van der Waals surface area (Å²) < 4.78 is 13.7. The molecule has 11 heteroatoms. The lowest BCUT2D eigenvalue weighted by molar-refractivity contribution is -0.160. The van der Waals surface area contributed by atoms with Crippen LogP contribution < -0.4 is 0 Å². The van der Waals surface area contributed by atoms with E-state index in [1.165, 1.54) is 4.90 Å². The maximum atomic E-state index is 14.1. The van der Waals surface area contributed by atoms with Crippen LogP contribution in [0, 0.1) is 11.8 Å². The number of rotatable bonds is 4. The highest BCUT2D eigenvalue weighted by Crippen LogP contribution is 2.57. The van der Waals surface area contributed by atoms with E-state index < -0.39 is 41.0 Å². The summed E-state index contributed by atoms with van der Waals surface area (Å²) >= 11 is 0. The van der Waals surface area contributed by atoms with Crippen molar-refractivity contribution >= 4 is 28.8 Å². The van der Waals surface area contributed by atoms with Crippen LogP contribution >= 0.6 is 0 Å². The molecule has 5 heterocycles. The number of benzene rings is 1. The fourth-order valence-corrected chi connectivity index (χ4v) is 6.19. The second kappa shape index (κ2) is 8.24. The number of carbonyl (C=O) groups is 3. The Morgan fingerprint density at radius 3 is 2.78 bits per heavy atom. The molecule has 0 aliphatic carbocycles. The van der Waals surface area contributed by atoms with E-state index in [1.54, 1.807) is 28.7 Å². The first kappa shape index (κ1) is 22.9.